The van der Waals surface area contributed by atoms with Gasteiger partial charge in [-0.2, -0.15) is 0 Å². The molecule has 5 nitrogen and oxygen atoms in total. The van der Waals surface area contributed by atoms with Crippen LogP contribution in [-0.4, -0.2) is 11.5 Å². The maximum Gasteiger partial charge on any atom is 0.273 e. The zero-order valence-corrected chi connectivity index (χ0v) is 12.8. The van der Waals surface area contributed by atoms with Crippen molar-refractivity contribution >= 4 is 28.7 Å². The topological polar surface area (TPSA) is 55.6 Å². The Labute approximate surface area is 133 Å². The van der Waals surface area contributed by atoms with E-state index in [1.54, 1.807) is 12.1 Å². The van der Waals surface area contributed by atoms with Crippen LogP contribution in [0.5, 0.6) is 11.5 Å². The highest BCUT2D eigenvalue weighted by molar-refractivity contribution is 6.30. The van der Waals surface area contributed by atoms with Crippen molar-refractivity contribution < 1.29 is 9.66 Å². The summed E-state index contributed by atoms with van der Waals surface area (Å²) in [6.07, 6.45) is 2.07. The quantitative estimate of drug-likeness (QED) is 0.567. The van der Waals surface area contributed by atoms with Gasteiger partial charge in [0.05, 0.1) is 22.4 Å². The number of nitro groups is 1. The average Bonchev–Trinajstić information content (AvgIpc) is 2.50. The zero-order valence-electron chi connectivity index (χ0n) is 12.1. The standard InChI is InChI=1S/C16H15ClN2O3/c1-2-3-8-18-13-6-4-11(17)9-15(13)22-16-10-12(19(20)21)5-7-14(16)18/h4-7,9-10H,2-3,8H2,1H3. The van der Waals surface area contributed by atoms with Crippen LogP contribution in [0.4, 0.5) is 17.1 Å². The fourth-order valence-corrected chi connectivity index (χ4v) is 2.68. The van der Waals surface area contributed by atoms with Gasteiger partial charge in [0, 0.05) is 23.7 Å². The number of ether oxygens (including phenoxy) is 1. The number of anilines is 2. The number of halogens is 1. The molecule has 6 heteroatoms. The molecule has 22 heavy (non-hydrogen) atoms. The first-order valence-electron chi connectivity index (χ1n) is 7.13. The number of fused-ring (bicyclic) bond motifs is 2. The van der Waals surface area contributed by atoms with E-state index in [4.69, 9.17) is 16.3 Å². The van der Waals surface area contributed by atoms with Gasteiger partial charge in [0.2, 0.25) is 0 Å². The van der Waals surface area contributed by atoms with Gasteiger partial charge in [-0.05, 0) is 24.6 Å². The van der Waals surface area contributed by atoms with Crippen molar-refractivity contribution in [3.63, 3.8) is 0 Å². The van der Waals surface area contributed by atoms with Gasteiger partial charge in [-0.15, -0.1) is 0 Å². The van der Waals surface area contributed by atoms with Crippen molar-refractivity contribution in [2.75, 3.05) is 11.4 Å². The van der Waals surface area contributed by atoms with Crippen LogP contribution < -0.4 is 9.64 Å². The summed E-state index contributed by atoms with van der Waals surface area (Å²) in [5.74, 6) is 1.11. The van der Waals surface area contributed by atoms with E-state index in [1.165, 1.54) is 12.1 Å². The molecular weight excluding hydrogens is 304 g/mol. The Morgan fingerprint density at radius 3 is 2.55 bits per heavy atom. The second kappa shape index (κ2) is 5.85. The molecule has 2 aromatic rings. The van der Waals surface area contributed by atoms with Gasteiger partial charge in [-0.3, -0.25) is 10.1 Å². The number of nitro benzene ring substituents is 1. The number of benzene rings is 2. The fourth-order valence-electron chi connectivity index (χ4n) is 2.52. The Bertz CT molecular complexity index is 733. The maximum absolute atomic E-state index is 11.0. The van der Waals surface area contributed by atoms with E-state index in [1.807, 2.05) is 12.1 Å². The molecule has 0 unspecified atom stereocenters. The third-order valence-electron chi connectivity index (χ3n) is 3.61. The molecule has 114 valence electrons. The predicted molar refractivity (Wildman–Crippen MR) is 86.5 cm³/mol. The molecule has 0 fully saturated rings. The van der Waals surface area contributed by atoms with Gasteiger partial charge in [0.25, 0.3) is 5.69 Å². The van der Waals surface area contributed by atoms with Crippen LogP contribution in [0.15, 0.2) is 36.4 Å². The number of non-ortho nitro benzene ring substituents is 1. The Hall–Kier alpha value is -2.27. The van der Waals surface area contributed by atoms with Crippen LogP contribution >= 0.6 is 11.6 Å². The Morgan fingerprint density at radius 2 is 1.86 bits per heavy atom. The Balaban J connectivity index is 2.09. The highest BCUT2D eigenvalue weighted by atomic mass is 35.5. The Kier molecular flexibility index (Phi) is 3.90. The number of nitrogens with zero attached hydrogens (tertiary/aromatic N) is 2. The second-order valence-electron chi connectivity index (χ2n) is 5.13. The minimum Gasteiger partial charge on any atom is -0.453 e. The van der Waals surface area contributed by atoms with Crippen molar-refractivity contribution in [2.45, 2.75) is 19.8 Å². The van der Waals surface area contributed by atoms with Crippen LogP contribution in [0.25, 0.3) is 0 Å². The van der Waals surface area contributed by atoms with Crippen LogP contribution in [0.3, 0.4) is 0 Å². The minimum absolute atomic E-state index is 0.0136. The van der Waals surface area contributed by atoms with Crippen LogP contribution in [0.2, 0.25) is 5.02 Å². The highest BCUT2D eigenvalue weighted by Crippen LogP contribution is 2.48. The number of rotatable bonds is 4. The molecule has 0 aliphatic carbocycles. The minimum atomic E-state index is -0.423. The molecule has 0 spiro atoms. The van der Waals surface area contributed by atoms with E-state index < -0.39 is 4.92 Å². The molecule has 0 N–H and O–H groups in total. The molecule has 0 saturated heterocycles. The largest absolute Gasteiger partial charge is 0.453 e. The maximum atomic E-state index is 11.0. The first-order valence-corrected chi connectivity index (χ1v) is 7.51. The normalized spacial score (nSPS) is 12.4. The van der Waals surface area contributed by atoms with Gasteiger partial charge in [0.1, 0.15) is 0 Å². The highest BCUT2D eigenvalue weighted by Gasteiger charge is 2.26. The number of hydrogen-bond acceptors (Lipinski definition) is 4. The van der Waals surface area contributed by atoms with Gasteiger partial charge < -0.3 is 9.64 Å². The SMILES string of the molecule is CCCCN1c2ccc(Cl)cc2Oc2cc([N+](=O)[O-])ccc21. The Morgan fingerprint density at radius 1 is 1.18 bits per heavy atom. The van der Waals surface area contributed by atoms with Crippen LogP contribution in [-0.2, 0) is 0 Å². The van der Waals surface area contributed by atoms with E-state index in [0.717, 1.165) is 30.8 Å². The van der Waals surface area contributed by atoms with E-state index in [9.17, 15) is 10.1 Å². The molecule has 0 radical (unpaired) electrons. The third-order valence-corrected chi connectivity index (χ3v) is 3.85. The average molecular weight is 319 g/mol. The van der Waals surface area contributed by atoms with Gasteiger partial charge >= 0.3 is 0 Å². The smallest absolute Gasteiger partial charge is 0.273 e. The molecule has 0 aromatic heterocycles. The predicted octanol–water partition coefficient (Wildman–Crippen LogP) is 5.29. The lowest BCUT2D eigenvalue weighted by atomic mass is 10.1. The van der Waals surface area contributed by atoms with E-state index in [2.05, 4.69) is 11.8 Å². The molecule has 1 aliphatic rings. The molecule has 1 aliphatic heterocycles. The lowest BCUT2D eigenvalue weighted by Gasteiger charge is -2.32. The van der Waals surface area contributed by atoms with E-state index in [-0.39, 0.29) is 5.69 Å². The van der Waals surface area contributed by atoms with E-state index in [0.29, 0.717) is 16.5 Å². The summed E-state index contributed by atoms with van der Waals surface area (Å²) in [5, 5.41) is 11.5. The monoisotopic (exact) mass is 318 g/mol. The first-order chi connectivity index (χ1) is 10.6. The number of unbranched alkanes of at least 4 members (excludes halogenated alkanes) is 1. The summed E-state index contributed by atoms with van der Waals surface area (Å²) in [4.78, 5) is 12.7. The third kappa shape index (κ3) is 2.60. The second-order valence-corrected chi connectivity index (χ2v) is 5.56. The molecule has 3 rings (SSSR count). The van der Waals surface area contributed by atoms with Crippen LogP contribution in [0, 0.1) is 10.1 Å². The van der Waals surface area contributed by atoms with E-state index >= 15 is 0 Å². The zero-order chi connectivity index (χ0) is 15.7. The molecule has 0 amide bonds. The summed E-state index contributed by atoms with van der Waals surface area (Å²) in [7, 11) is 0. The van der Waals surface area contributed by atoms with Crippen molar-refractivity contribution in [1.82, 2.24) is 0 Å². The fraction of sp³-hybridized carbons (Fsp3) is 0.250. The summed E-state index contributed by atoms with van der Waals surface area (Å²) in [6, 6.07) is 10.2. The molecule has 1 heterocycles. The van der Waals surface area contributed by atoms with Gasteiger partial charge in [-0.25, -0.2) is 0 Å². The van der Waals surface area contributed by atoms with Crippen molar-refractivity contribution in [3.05, 3.63) is 51.5 Å². The lowest BCUT2D eigenvalue weighted by molar-refractivity contribution is -0.384. The molecule has 2 aromatic carbocycles. The van der Waals surface area contributed by atoms with Gasteiger partial charge in [0.15, 0.2) is 11.5 Å². The van der Waals surface area contributed by atoms with Crippen molar-refractivity contribution in [3.8, 4) is 11.5 Å². The molecule has 0 atom stereocenters. The molecule has 0 bridgehead atoms. The van der Waals surface area contributed by atoms with Crippen molar-refractivity contribution in [1.29, 1.82) is 0 Å². The molecular formula is C16H15ClN2O3. The lowest BCUT2D eigenvalue weighted by Crippen LogP contribution is -2.22. The summed E-state index contributed by atoms with van der Waals surface area (Å²) in [6.45, 7) is 2.94. The van der Waals surface area contributed by atoms with Crippen LogP contribution in [0.1, 0.15) is 19.8 Å². The summed E-state index contributed by atoms with van der Waals surface area (Å²) < 4.78 is 5.83. The number of hydrogen-bond donors (Lipinski definition) is 0. The first kappa shape index (κ1) is 14.7. The summed E-state index contributed by atoms with van der Waals surface area (Å²) in [5.41, 5.74) is 1.78. The van der Waals surface area contributed by atoms with Crippen molar-refractivity contribution in [2.24, 2.45) is 0 Å². The van der Waals surface area contributed by atoms with Gasteiger partial charge in [-0.1, -0.05) is 24.9 Å². The summed E-state index contributed by atoms with van der Waals surface area (Å²) >= 11 is 6.03. The molecule has 0 saturated carbocycles.